The zero-order valence-corrected chi connectivity index (χ0v) is 28.2. The molecule has 0 fully saturated rings. The molecule has 0 radical (unpaired) electrons. The number of nitriles is 2. The molecule has 0 aliphatic rings. The van der Waals surface area contributed by atoms with Crippen molar-refractivity contribution < 1.29 is 0 Å². The Hall–Kier alpha value is -7.74. The van der Waals surface area contributed by atoms with Crippen molar-refractivity contribution in [3.05, 3.63) is 175 Å². The van der Waals surface area contributed by atoms with Gasteiger partial charge in [-0.25, -0.2) is 4.68 Å². The molecule has 7 heteroatoms. The van der Waals surface area contributed by atoms with Gasteiger partial charge in [0.2, 0.25) is 0 Å². The van der Waals surface area contributed by atoms with Gasteiger partial charge in [0.1, 0.15) is 11.4 Å². The van der Waals surface area contributed by atoms with Crippen LogP contribution in [-0.4, -0.2) is 24.1 Å². The van der Waals surface area contributed by atoms with E-state index in [0.29, 0.717) is 16.8 Å². The Morgan fingerprint density at radius 1 is 0.415 bits per heavy atom. The Labute approximate surface area is 304 Å². The average molecular weight is 678 g/mol. The number of para-hydroxylation sites is 3. The smallest absolute Gasteiger partial charge is 0.121 e. The third-order valence-corrected chi connectivity index (χ3v) is 10.1. The average Bonchev–Trinajstić information content (AvgIpc) is 3.91. The van der Waals surface area contributed by atoms with Crippen molar-refractivity contribution in [1.82, 2.24) is 24.1 Å². The Balaban J connectivity index is 1.19. The van der Waals surface area contributed by atoms with Crippen LogP contribution >= 0.6 is 0 Å². The number of hydrogen-bond acceptors (Lipinski definition) is 4. The second-order valence-corrected chi connectivity index (χ2v) is 13.0. The third kappa shape index (κ3) is 4.73. The molecule has 0 spiro atoms. The van der Waals surface area contributed by atoms with E-state index >= 15 is 0 Å². The van der Waals surface area contributed by atoms with Crippen LogP contribution in [0.15, 0.2) is 164 Å². The summed E-state index contributed by atoms with van der Waals surface area (Å²) < 4.78 is 6.48. The highest BCUT2D eigenvalue weighted by molar-refractivity contribution is 6.11. The number of hydrogen-bond donors (Lipinski definition) is 0. The maximum Gasteiger partial charge on any atom is 0.121 e. The second kappa shape index (κ2) is 11.9. The topological polar surface area (TPSA) is 88.2 Å². The monoisotopic (exact) mass is 677 g/mol. The fourth-order valence-corrected chi connectivity index (χ4v) is 7.66. The van der Waals surface area contributed by atoms with E-state index in [-0.39, 0.29) is 0 Å². The van der Waals surface area contributed by atoms with Gasteiger partial charge in [-0.2, -0.15) is 10.5 Å². The summed E-state index contributed by atoms with van der Waals surface area (Å²) in [4.78, 5) is 0. The van der Waals surface area contributed by atoms with E-state index in [2.05, 4.69) is 142 Å². The minimum atomic E-state index is 0.564. The summed E-state index contributed by atoms with van der Waals surface area (Å²) in [6.07, 6.45) is 0. The summed E-state index contributed by atoms with van der Waals surface area (Å²) in [5.41, 5.74) is 11.8. The molecule has 3 aromatic heterocycles. The van der Waals surface area contributed by atoms with Gasteiger partial charge >= 0.3 is 0 Å². The molecule has 246 valence electrons. The van der Waals surface area contributed by atoms with Gasteiger partial charge in [-0.05, 0) is 78.9 Å². The molecular formula is C46H27N7. The van der Waals surface area contributed by atoms with Gasteiger partial charge in [-0.15, -0.1) is 5.10 Å². The summed E-state index contributed by atoms with van der Waals surface area (Å²) in [6, 6.07) is 60.0. The molecule has 0 N–H and O–H groups in total. The lowest BCUT2D eigenvalue weighted by Gasteiger charge is -2.13. The van der Waals surface area contributed by atoms with Crippen molar-refractivity contribution in [2.75, 3.05) is 0 Å². The van der Waals surface area contributed by atoms with Crippen LogP contribution in [0.25, 0.3) is 83.2 Å². The lowest BCUT2D eigenvalue weighted by molar-refractivity contribution is 0.808. The molecule has 0 aliphatic carbocycles. The molecule has 7 aromatic carbocycles. The fraction of sp³-hybridized carbons (Fsp3) is 0. The van der Waals surface area contributed by atoms with Crippen LogP contribution in [0.5, 0.6) is 0 Å². The number of nitrogens with zero attached hydrogens (tertiary/aromatic N) is 7. The van der Waals surface area contributed by atoms with Crippen LogP contribution < -0.4 is 0 Å². The Bertz CT molecular complexity index is 3070. The van der Waals surface area contributed by atoms with E-state index < -0.39 is 0 Å². The molecular weight excluding hydrogens is 651 g/mol. The van der Waals surface area contributed by atoms with E-state index in [4.69, 9.17) is 5.10 Å². The zero-order chi connectivity index (χ0) is 35.5. The van der Waals surface area contributed by atoms with Gasteiger partial charge < -0.3 is 9.13 Å². The fourth-order valence-electron chi connectivity index (χ4n) is 7.66. The molecule has 0 saturated carbocycles. The number of fused-ring (bicyclic) bond motifs is 6. The SMILES string of the molecule is N#Cc1ccc(-c2c(-c3ccc4c5ccccc5n(-c5cccc(-n6c7ccccc7c7ccccc76)c5)c4c3)nnn2-c2ccc(C#N)cc2)cc1. The normalized spacial score (nSPS) is 11.4. The third-order valence-electron chi connectivity index (χ3n) is 10.1. The lowest BCUT2D eigenvalue weighted by Crippen LogP contribution is -2.00. The predicted molar refractivity (Wildman–Crippen MR) is 210 cm³/mol. The van der Waals surface area contributed by atoms with Crippen molar-refractivity contribution in [3.63, 3.8) is 0 Å². The Morgan fingerprint density at radius 2 is 0.906 bits per heavy atom. The summed E-state index contributed by atoms with van der Waals surface area (Å²) in [5, 5.41) is 33.1. The van der Waals surface area contributed by atoms with Crippen molar-refractivity contribution in [2.24, 2.45) is 0 Å². The first-order valence-corrected chi connectivity index (χ1v) is 17.3. The number of rotatable bonds is 5. The van der Waals surface area contributed by atoms with Crippen LogP contribution in [0.3, 0.4) is 0 Å². The lowest BCUT2D eigenvalue weighted by atomic mass is 10.0. The van der Waals surface area contributed by atoms with E-state index in [1.807, 2.05) is 24.3 Å². The van der Waals surface area contributed by atoms with Crippen LogP contribution in [0.2, 0.25) is 0 Å². The van der Waals surface area contributed by atoms with Gasteiger partial charge in [0, 0.05) is 44.0 Å². The Morgan fingerprint density at radius 3 is 1.47 bits per heavy atom. The maximum absolute atomic E-state index is 9.51. The molecule has 0 unspecified atom stereocenters. The van der Waals surface area contributed by atoms with Crippen LogP contribution in [0.1, 0.15) is 11.1 Å². The highest BCUT2D eigenvalue weighted by atomic mass is 15.4. The van der Waals surface area contributed by atoms with Crippen LogP contribution in [0, 0.1) is 22.7 Å². The van der Waals surface area contributed by atoms with Gasteiger partial charge in [0.15, 0.2) is 0 Å². The van der Waals surface area contributed by atoms with E-state index in [1.165, 1.54) is 10.8 Å². The molecule has 7 nitrogen and oxygen atoms in total. The first-order valence-electron chi connectivity index (χ1n) is 17.3. The van der Waals surface area contributed by atoms with Crippen molar-refractivity contribution in [2.45, 2.75) is 0 Å². The molecule has 53 heavy (non-hydrogen) atoms. The highest BCUT2D eigenvalue weighted by Gasteiger charge is 2.21. The summed E-state index contributed by atoms with van der Waals surface area (Å²) in [5.74, 6) is 0. The van der Waals surface area contributed by atoms with Crippen LogP contribution in [-0.2, 0) is 0 Å². The summed E-state index contributed by atoms with van der Waals surface area (Å²) in [7, 11) is 0. The van der Waals surface area contributed by atoms with E-state index in [9.17, 15) is 10.5 Å². The van der Waals surface area contributed by atoms with Gasteiger partial charge in [0.05, 0.1) is 51.0 Å². The van der Waals surface area contributed by atoms with E-state index in [0.717, 1.165) is 66.7 Å². The molecule has 10 rings (SSSR count). The number of aromatic nitrogens is 5. The van der Waals surface area contributed by atoms with Crippen molar-refractivity contribution in [1.29, 1.82) is 10.5 Å². The first-order chi connectivity index (χ1) is 26.2. The second-order valence-electron chi connectivity index (χ2n) is 13.0. The molecule has 3 heterocycles. The highest BCUT2D eigenvalue weighted by Crippen LogP contribution is 2.39. The predicted octanol–water partition coefficient (Wildman–Crippen LogP) is 10.5. The first kappa shape index (κ1) is 30.1. The van der Waals surface area contributed by atoms with Crippen molar-refractivity contribution >= 4 is 43.6 Å². The van der Waals surface area contributed by atoms with Crippen molar-refractivity contribution in [3.8, 4) is 51.7 Å². The largest absolute Gasteiger partial charge is 0.309 e. The maximum atomic E-state index is 9.51. The molecule has 0 atom stereocenters. The number of benzene rings is 7. The van der Waals surface area contributed by atoms with Gasteiger partial charge in [-0.3, -0.25) is 0 Å². The molecule has 0 amide bonds. The van der Waals surface area contributed by atoms with E-state index in [1.54, 1.807) is 28.9 Å². The quantitative estimate of drug-likeness (QED) is 0.181. The molecule has 10 aromatic rings. The van der Waals surface area contributed by atoms with Gasteiger partial charge in [0.25, 0.3) is 0 Å². The Kier molecular flexibility index (Phi) is 6.79. The van der Waals surface area contributed by atoms with Crippen LogP contribution in [0.4, 0.5) is 0 Å². The minimum absolute atomic E-state index is 0.564. The summed E-state index contributed by atoms with van der Waals surface area (Å²) >= 11 is 0. The van der Waals surface area contributed by atoms with Gasteiger partial charge in [-0.1, -0.05) is 90.1 Å². The minimum Gasteiger partial charge on any atom is -0.309 e. The molecule has 0 bridgehead atoms. The molecule has 0 saturated heterocycles. The summed E-state index contributed by atoms with van der Waals surface area (Å²) in [6.45, 7) is 0. The molecule has 0 aliphatic heterocycles. The standard InChI is InChI=1S/C46H27N7/c47-28-30-16-20-32(21-17-30)46-45(49-50-53(46)34-23-18-31(29-48)19-24-34)33-22-25-40-39-12-3-6-15-43(39)52(44(40)26-33)36-9-7-8-35(27-36)51-41-13-4-1-10-37(41)38-11-2-5-14-42(38)51/h1-27H. The zero-order valence-electron chi connectivity index (χ0n) is 28.2.